The predicted molar refractivity (Wildman–Crippen MR) is 74.8 cm³/mol. The molecule has 1 heterocycles. The van der Waals surface area contributed by atoms with E-state index in [1.165, 1.54) is 30.4 Å². The summed E-state index contributed by atoms with van der Waals surface area (Å²) in [5, 5.41) is 3.16. The number of benzene rings is 1. The van der Waals surface area contributed by atoms with Crippen molar-refractivity contribution in [1.29, 1.82) is 0 Å². The lowest BCUT2D eigenvalue weighted by molar-refractivity contribution is -0.116. The van der Waals surface area contributed by atoms with Gasteiger partial charge in [-0.2, -0.15) is 0 Å². The third-order valence-corrected chi connectivity index (χ3v) is 3.83. The molecule has 1 N–H and O–H groups in total. The standard InChI is InChI=1S/C15H18N2O/c1-17-14-9-12(11-5-3-2-4-6-11)7-8-13(14)16-10-15(17)18/h5,7-9,16H,2-4,6,10H2,1H3. The van der Waals surface area contributed by atoms with Gasteiger partial charge in [0.1, 0.15) is 0 Å². The summed E-state index contributed by atoms with van der Waals surface area (Å²) in [5.74, 6) is 0.122. The van der Waals surface area contributed by atoms with Crippen molar-refractivity contribution in [2.45, 2.75) is 25.7 Å². The zero-order chi connectivity index (χ0) is 12.5. The summed E-state index contributed by atoms with van der Waals surface area (Å²) in [5.41, 5.74) is 4.74. The topological polar surface area (TPSA) is 32.3 Å². The van der Waals surface area contributed by atoms with E-state index in [2.05, 4.69) is 29.6 Å². The van der Waals surface area contributed by atoms with Crippen LogP contribution in [0.2, 0.25) is 0 Å². The monoisotopic (exact) mass is 242 g/mol. The van der Waals surface area contributed by atoms with Crippen molar-refractivity contribution in [2.24, 2.45) is 0 Å². The molecule has 18 heavy (non-hydrogen) atoms. The number of likely N-dealkylation sites (N-methyl/N-ethyl adjacent to an activating group) is 1. The van der Waals surface area contributed by atoms with Crippen molar-refractivity contribution >= 4 is 22.9 Å². The number of carbonyl (C=O) groups is 1. The molecule has 0 saturated heterocycles. The molecule has 1 aromatic rings. The first-order chi connectivity index (χ1) is 8.75. The summed E-state index contributed by atoms with van der Waals surface area (Å²) < 4.78 is 0. The van der Waals surface area contributed by atoms with Gasteiger partial charge in [-0.3, -0.25) is 4.79 Å². The van der Waals surface area contributed by atoms with E-state index in [0.717, 1.165) is 17.8 Å². The number of carbonyl (C=O) groups excluding carboxylic acids is 1. The average Bonchev–Trinajstić information content (AvgIpc) is 2.44. The largest absolute Gasteiger partial charge is 0.374 e. The Kier molecular flexibility index (Phi) is 2.82. The number of anilines is 2. The predicted octanol–water partition coefficient (Wildman–Crippen LogP) is 3.03. The molecule has 1 amide bonds. The van der Waals surface area contributed by atoms with Crippen LogP contribution in [0.1, 0.15) is 31.2 Å². The second-order valence-electron chi connectivity index (χ2n) is 5.01. The summed E-state index contributed by atoms with van der Waals surface area (Å²) in [4.78, 5) is 13.4. The molecule has 0 radical (unpaired) electrons. The molecule has 1 aliphatic heterocycles. The second kappa shape index (κ2) is 4.48. The highest BCUT2D eigenvalue weighted by Gasteiger charge is 2.21. The quantitative estimate of drug-likeness (QED) is 0.821. The first-order valence-corrected chi connectivity index (χ1v) is 6.59. The molecule has 0 fully saturated rings. The summed E-state index contributed by atoms with van der Waals surface area (Å²) in [6, 6.07) is 6.38. The Bertz CT molecular complexity index is 519. The number of allylic oxidation sites excluding steroid dienone is 2. The molecule has 2 aliphatic rings. The van der Waals surface area contributed by atoms with Crippen molar-refractivity contribution < 1.29 is 4.79 Å². The fourth-order valence-corrected chi connectivity index (χ4v) is 2.68. The molecular formula is C15H18N2O. The van der Waals surface area contributed by atoms with Gasteiger partial charge in [0.25, 0.3) is 0 Å². The number of amides is 1. The van der Waals surface area contributed by atoms with Crippen molar-refractivity contribution in [1.82, 2.24) is 0 Å². The van der Waals surface area contributed by atoms with Crippen LogP contribution < -0.4 is 10.2 Å². The van der Waals surface area contributed by atoms with Crippen LogP contribution in [0.15, 0.2) is 24.3 Å². The molecule has 0 atom stereocenters. The van der Waals surface area contributed by atoms with Crippen LogP contribution in [-0.4, -0.2) is 19.5 Å². The number of nitrogens with one attached hydrogen (secondary N) is 1. The Labute approximate surface area is 107 Å². The van der Waals surface area contributed by atoms with E-state index in [-0.39, 0.29) is 5.91 Å². The number of rotatable bonds is 1. The van der Waals surface area contributed by atoms with Gasteiger partial charge in [0.2, 0.25) is 5.91 Å². The van der Waals surface area contributed by atoms with Gasteiger partial charge in [-0.15, -0.1) is 0 Å². The highest BCUT2D eigenvalue weighted by molar-refractivity contribution is 6.02. The molecule has 0 unspecified atom stereocenters. The smallest absolute Gasteiger partial charge is 0.246 e. The fraction of sp³-hybridized carbons (Fsp3) is 0.400. The Morgan fingerprint density at radius 1 is 1.28 bits per heavy atom. The number of hydrogen-bond donors (Lipinski definition) is 1. The lowest BCUT2D eigenvalue weighted by atomic mass is 9.93. The van der Waals surface area contributed by atoms with Gasteiger partial charge in [0, 0.05) is 7.05 Å². The van der Waals surface area contributed by atoms with Crippen molar-refractivity contribution in [3.8, 4) is 0 Å². The zero-order valence-corrected chi connectivity index (χ0v) is 10.7. The molecule has 94 valence electrons. The molecule has 0 bridgehead atoms. The zero-order valence-electron chi connectivity index (χ0n) is 10.7. The first kappa shape index (κ1) is 11.3. The first-order valence-electron chi connectivity index (χ1n) is 6.59. The highest BCUT2D eigenvalue weighted by Crippen LogP contribution is 2.34. The maximum atomic E-state index is 11.7. The van der Waals surface area contributed by atoms with Crippen LogP contribution in [-0.2, 0) is 4.79 Å². The molecule has 1 aliphatic carbocycles. The summed E-state index contributed by atoms with van der Waals surface area (Å²) >= 11 is 0. The van der Waals surface area contributed by atoms with Gasteiger partial charge in [-0.05, 0) is 49.0 Å². The molecule has 1 aromatic carbocycles. The van der Waals surface area contributed by atoms with Gasteiger partial charge in [0.05, 0.1) is 17.9 Å². The van der Waals surface area contributed by atoms with E-state index >= 15 is 0 Å². The average molecular weight is 242 g/mol. The van der Waals surface area contributed by atoms with Crippen molar-refractivity contribution in [3.63, 3.8) is 0 Å². The Balaban J connectivity index is 1.99. The van der Waals surface area contributed by atoms with Crippen LogP contribution in [0.25, 0.3) is 5.57 Å². The van der Waals surface area contributed by atoms with Crippen LogP contribution in [0, 0.1) is 0 Å². The summed E-state index contributed by atoms with van der Waals surface area (Å²) in [7, 11) is 1.85. The lowest BCUT2D eigenvalue weighted by Gasteiger charge is -2.27. The van der Waals surface area contributed by atoms with E-state index in [0.29, 0.717) is 6.54 Å². The SMILES string of the molecule is CN1C(=O)CNc2ccc(C3=CCCCC3)cc21. The Morgan fingerprint density at radius 3 is 2.94 bits per heavy atom. The lowest BCUT2D eigenvalue weighted by Crippen LogP contribution is -2.36. The van der Waals surface area contributed by atoms with Crippen LogP contribution in [0.4, 0.5) is 11.4 Å². The van der Waals surface area contributed by atoms with E-state index in [1.54, 1.807) is 4.90 Å². The van der Waals surface area contributed by atoms with E-state index in [4.69, 9.17) is 0 Å². The van der Waals surface area contributed by atoms with Crippen LogP contribution >= 0.6 is 0 Å². The van der Waals surface area contributed by atoms with Crippen molar-refractivity contribution in [2.75, 3.05) is 23.8 Å². The summed E-state index contributed by atoms with van der Waals surface area (Å²) in [6.45, 7) is 0.394. The molecule has 0 spiro atoms. The number of hydrogen-bond acceptors (Lipinski definition) is 2. The third kappa shape index (κ3) is 1.90. The van der Waals surface area contributed by atoms with Gasteiger partial charge in [0.15, 0.2) is 0 Å². The molecule has 3 heteroatoms. The molecular weight excluding hydrogens is 224 g/mol. The van der Waals surface area contributed by atoms with Gasteiger partial charge in [-0.1, -0.05) is 12.1 Å². The van der Waals surface area contributed by atoms with Crippen molar-refractivity contribution in [3.05, 3.63) is 29.8 Å². The number of nitrogens with zero attached hydrogens (tertiary/aromatic N) is 1. The Hall–Kier alpha value is -1.77. The maximum absolute atomic E-state index is 11.7. The fourth-order valence-electron chi connectivity index (χ4n) is 2.68. The van der Waals surface area contributed by atoms with Gasteiger partial charge in [-0.25, -0.2) is 0 Å². The minimum atomic E-state index is 0.122. The van der Waals surface area contributed by atoms with E-state index in [9.17, 15) is 4.79 Å². The maximum Gasteiger partial charge on any atom is 0.246 e. The van der Waals surface area contributed by atoms with Crippen LogP contribution in [0.3, 0.4) is 0 Å². The highest BCUT2D eigenvalue weighted by atomic mass is 16.2. The minimum Gasteiger partial charge on any atom is -0.374 e. The van der Waals surface area contributed by atoms with E-state index < -0.39 is 0 Å². The minimum absolute atomic E-state index is 0.122. The molecule has 0 saturated carbocycles. The van der Waals surface area contributed by atoms with Crippen LogP contribution in [0.5, 0.6) is 0 Å². The summed E-state index contributed by atoms with van der Waals surface area (Å²) in [6.07, 6.45) is 7.25. The molecule has 3 rings (SSSR count). The second-order valence-corrected chi connectivity index (χ2v) is 5.01. The Morgan fingerprint density at radius 2 is 2.17 bits per heavy atom. The third-order valence-electron chi connectivity index (χ3n) is 3.83. The molecule has 0 aromatic heterocycles. The number of fused-ring (bicyclic) bond motifs is 1. The van der Waals surface area contributed by atoms with Gasteiger partial charge >= 0.3 is 0 Å². The molecule has 3 nitrogen and oxygen atoms in total. The normalized spacial score (nSPS) is 19.1. The van der Waals surface area contributed by atoms with E-state index in [1.807, 2.05) is 7.05 Å². The van der Waals surface area contributed by atoms with Gasteiger partial charge < -0.3 is 10.2 Å².